The lowest BCUT2D eigenvalue weighted by Crippen LogP contribution is -2.24. The zero-order valence-electron chi connectivity index (χ0n) is 16.4. The largest absolute Gasteiger partial charge is 0.493 e. The minimum atomic E-state index is -0.325. The summed E-state index contributed by atoms with van der Waals surface area (Å²) < 4.78 is 11.3. The molecule has 3 rings (SSSR count). The minimum absolute atomic E-state index is 0.102. The number of ether oxygens (including phenoxy) is 2. The molecule has 0 heterocycles. The van der Waals surface area contributed by atoms with Crippen LogP contribution in [0, 0.1) is 13.8 Å². The van der Waals surface area contributed by atoms with Gasteiger partial charge in [0.1, 0.15) is 11.5 Å². The topological polar surface area (TPSA) is 59.9 Å². The first-order chi connectivity index (χ1) is 13.6. The SMILES string of the molecule is CCOc1ccc2ccccc2c1/C=N\NC(=O)COc1ccc(C)cc1C. The summed E-state index contributed by atoms with van der Waals surface area (Å²) in [5, 5.41) is 6.19. The molecule has 1 N–H and O–H groups in total. The second kappa shape index (κ2) is 9.04. The molecule has 0 aliphatic heterocycles. The number of carbonyl (C=O) groups excluding carboxylic acids is 1. The first-order valence-corrected chi connectivity index (χ1v) is 9.25. The summed E-state index contributed by atoms with van der Waals surface area (Å²) in [5.74, 6) is 1.09. The number of rotatable bonds is 7. The third-order valence-corrected chi connectivity index (χ3v) is 4.30. The maximum Gasteiger partial charge on any atom is 0.277 e. The van der Waals surface area contributed by atoms with Crippen LogP contribution in [0.15, 0.2) is 59.7 Å². The third-order valence-electron chi connectivity index (χ3n) is 4.30. The Kier molecular flexibility index (Phi) is 6.27. The lowest BCUT2D eigenvalue weighted by molar-refractivity contribution is -0.123. The normalized spacial score (nSPS) is 11.0. The van der Waals surface area contributed by atoms with Crippen molar-refractivity contribution >= 4 is 22.9 Å². The van der Waals surface area contributed by atoms with Crippen molar-refractivity contribution in [1.29, 1.82) is 0 Å². The van der Waals surface area contributed by atoms with E-state index >= 15 is 0 Å². The number of amides is 1. The van der Waals surface area contributed by atoms with E-state index in [0.717, 1.165) is 33.2 Å². The average Bonchev–Trinajstić information content (AvgIpc) is 2.69. The van der Waals surface area contributed by atoms with Gasteiger partial charge in [-0.25, -0.2) is 5.43 Å². The van der Waals surface area contributed by atoms with Gasteiger partial charge >= 0.3 is 0 Å². The molecule has 0 atom stereocenters. The van der Waals surface area contributed by atoms with Crippen molar-refractivity contribution in [2.45, 2.75) is 20.8 Å². The standard InChI is InChI=1S/C23H24N2O3/c1-4-27-22-12-10-18-7-5-6-8-19(18)20(22)14-24-25-23(26)15-28-21-11-9-16(2)13-17(21)3/h5-14H,4,15H2,1-3H3,(H,25,26)/b24-14-. The van der Waals surface area contributed by atoms with Crippen LogP contribution in [0.5, 0.6) is 11.5 Å². The predicted molar refractivity (Wildman–Crippen MR) is 112 cm³/mol. The highest BCUT2D eigenvalue weighted by Gasteiger charge is 2.08. The summed E-state index contributed by atoms with van der Waals surface area (Å²) in [4.78, 5) is 12.1. The molecule has 0 aromatic heterocycles. The van der Waals surface area contributed by atoms with E-state index in [1.54, 1.807) is 6.21 Å². The highest BCUT2D eigenvalue weighted by molar-refractivity contribution is 6.02. The van der Waals surface area contributed by atoms with E-state index in [9.17, 15) is 4.79 Å². The zero-order chi connectivity index (χ0) is 19.9. The summed E-state index contributed by atoms with van der Waals surface area (Å²) >= 11 is 0. The molecule has 0 saturated carbocycles. The van der Waals surface area contributed by atoms with Crippen molar-refractivity contribution in [2.24, 2.45) is 5.10 Å². The Morgan fingerprint density at radius 1 is 1.04 bits per heavy atom. The molecule has 0 aliphatic rings. The monoisotopic (exact) mass is 376 g/mol. The Bertz CT molecular complexity index is 1010. The summed E-state index contributed by atoms with van der Waals surface area (Å²) in [6.45, 7) is 6.35. The molecule has 0 saturated heterocycles. The van der Waals surface area contributed by atoms with Crippen LogP contribution in [0.3, 0.4) is 0 Å². The summed E-state index contributed by atoms with van der Waals surface area (Å²) in [6.07, 6.45) is 1.61. The molecule has 5 nitrogen and oxygen atoms in total. The molecular formula is C23H24N2O3. The number of fused-ring (bicyclic) bond motifs is 1. The molecular weight excluding hydrogens is 352 g/mol. The predicted octanol–water partition coefficient (Wildman–Crippen LogP) is 4.38. The fourth-order valence-corrected chi connectivity index (χ4v) is 3.00. The molecule has 3 aromatic carbocycles. The van der Waals surface area contributed by atoms with Gasteiger partial charge in [-0.05, 0) is 49.2 Å². The van der Waals surface area contributed by atoms with Crippen LogP contribution in [-0.2, 0) is 4.79 Å². The number of hydrogen-bond acceptors (Lipinski definition) is 4. The van der Waals surface area contributed by atoms with Gasteiger partial charge in [0, 0.05) is 5.56 Å². The van der Waals surface area contributed by atoms with Gasteiger partial charge in [0.25, 0.3) is 5.91 Å². The van der Waals surface area contributed by atoms with Crippen molar-refractivity contribution in [3.05, 3.63) is 71.3 Å². The van der Waals surface area contributed by atoms with E-state index in [-0.39, 0.29) is 12.5 Å². The minimum Gasteiger partial charge on any atom is -0.493 e. The second-order valence-electron chi connectivity index (χ2n) is 6.48. The number of carbonyl (C=O) groups is 1. The fourth-order valence-electron chi connectivity index (χ4n) is 3.00. The Balaban J connectivity index is 1.68. The molecule has 0 spiro atoms. The van der Waals surface area contributed by atoms with Gasteiger partial charge in [-0.15, -0.1) is 0 Å². The maximum atomic E-state index is 12.1. The first-order valence-electron chi connectivity index (χ1n) is 9.25. The van der Waals surface area contributed by atoms with Crippen LogP contribution in [0.4, 0.5) is 0 Å². The van der Waals surface area contributed by atoms with Crippen molar-refractivity contribution in [1.82, 2.24) is 5.43 Å². The summed E-state index contributed by atoms with van der Waals surface area (Å²) in [7, 11) is 0. The van der Waals surface area contributed by atoms with Gasteiger partial charge in [-0.2, -0.15) is 5.10 Å². The van der Waals surface area contributed by atoms with E-state index in [1.165, 1.54) is 0 Å². The Morgan fingerprint density at radius 3 is 2.61 bits per heavy atom. The number of hydrazone groups is 1. The average molecular weight is 376 g/mol. The van der Waals surface area contributed by atoms with Crippen molar-refractivity contribution < 1.29 is 14.3 Å². The van der Waals surface area contributed by atoms with E-state index in [0.29, 0.717) is 12.4 Å². The number of benzene rings is 3. The molecule has 0 fully saturated rings. The fraction of sp³-hybridized carbons (Fsp3) is 0.217. The van der Waals surface area contributed by atoms with Crippen LogP contribution >= 0.6 is 0 Å². The van der Waals surface area contributed by atoms with Crippen LogP contribution in [0.1, 0.15) is 23.6 Å². The molecule has 0 bridgehead atoms. The summed E-state index contributed by atoms with van der Waals surface area (Å²) in [6, 6.07) is 17.7. The van der Waals surface area contributed by atoms with Crippen molar-refractivity contribution in [3.63, 3.8) is 0 Å². The molecule has 5 heteroatoms. The number of aryl methyl sites for hydroxylation is 2. The highest BCUT2D eigenvalue weighted by atomic mass is 16.5. The maximum absolute atomic E-state index is 12.1. The quantitative estimate of drug-likeness (QED) is 0.492. The molecule has 0 radical (unpaired) electrons. The first kappa shape index (κ1) is 19.4. The number of nitrogens with one attached hydrogen (secondary N) is 1. The Morgan fingerprint density at radius 2 is 1.82 bits per heavy atom. The number of nitrogens with zero attached hydrogens (tertiary/aromatic N) is 1. The molecule has 0 unspecified atom stereocenters. The van der Waals surface area contributed by atoms with E-state index in [4.69, 9.17) is 9.47 Å². The van der Waals surface area contributed by atoms with E-state index in [1.807, 2.05) is 75.4 Å². The third kappa shape index (κ3) is 4.68. The Hall–Kier alpha value is -3.34. The van der Waals surface area contributed by atoms with Gasteiger partial charge in [0.2, 0.25) is 0 Å². The molecule has 144 valence electrons. The van der Waals surface area contributed by atoms with Gasteiger partial charge in [0.05, 0.1) is 12.8 Å². The molecule has 1 amide bonds. The van der Waals surface area contributed by atoms with Gasteiger partial charge in [-0.1, -0.05) is 48.0 Å². The zero-order valence-corrected chi connectivity index (χ0v) is 16.4. The molecule has 3 aromatic rings. The lowest BCUT2D eigenvalue weighted by atomic mass is 10.0. The summed E-state index contributed by atoms with van der Waals surface area (Å²) in [5.41, 5.74) is 5.49. The van der Waals surface area contributed by atoms with Gasteiger partial charge < -0.3 is 9.47 Å². The van der Waals surface area contributed by atoms with Crippen LogP contribution in [0.2, 0.25) is 0 Å². The molecule has 28 heavy (non-hydrogen) atoms. The Labute approximate surface area is 165 Å². The number of hydrogen-bond donors (Lipinski definition) is 1. The van der Waals surface area contributed by atoms with Crippen LogP contribution < -0.4 is 14.9 Å². The second-order valence-corrected chi connectivity index (χ2v) is 6.48. The van der Waals surface area contributed by atoms with Crippen LogP contribution in [0.25, 0.3) is 10.8 Å². The van der Waals surface area contributed by atoms with Crippen molar-refractivity contribution in [2.75, 3.05) is 13.2 Å². The van der Waals surface area contributed by atoms with Crippen LogP contribution in [-0.4, -0.2) is 25.3 Å². The molecule has 0 aliphatic carbocycles. The smallest absolute Gasteiger partial charge is 0.277 e. The van der Waals surface area contributed by atoms with Crippen molar-refractivity contribution in [3.8, 4) is 11.5 Å². The van der Waals surface area contributed by atoms with E-state index < -0.39 is 0 Å². The lowest BCUT2D eigenvalue weighted by Gasteiger charge is -2.10. The van der Waals surface area contributed by atoms with Gasteiger partial charge in [-0.3, -0.25) is 4.79 Å². The highest BCUT2D eigenvalue weighted by Crippen LogP contribution is 2.26. The van der Waals surface area contributed by atoms with E-state index in [2.05, 4.69) is 10.5 Å². The van der Waals surface area contributed by atoms with Gasteiger partial charge in [0.15, 0.2) is 6.61 Å².